The number of methoxy groups -OCH3 is 2. The highest BCUT2D eigenvalue weighted by molar-refractivity contribution is 5.30. The van der Waals surface area contributed by atoms with Gasteiger partial charge in [0.05, 0.1) is 13.3 Å². The number of halogens is 4. The van der Waals surface area contributed by atoms with Crippen molar-refractivity contribution in [2.45, 2.75) is 12.3 Å². The quantitative estimate of drug-likeness (QED) is 0.759. The van der Waals surface area contributed by atoms with E-state index in [2.05, 4.69) is 14.5 Å². The van der Waals surface area contributed by atoms with E-state index in [0.29, 0.717) is 6.20 Å². The molecular weight excluding hydrogens is 230 g/mol. The van der Waals surface area contributed by atoms with Crippen LogP contribution >= 0.6 is 0 Å². The largest absolute Gasteiger partial charge is 0.495 e. The first-order valence-corrected chi connectivity index (χ1v) is 4.19. The monoisotopic (exact) mass is 239 g/mol. The van der Waals surface area contributed by atoms with Crippen LogP contribution in [0, 0.1) is 5.82 Å². The Labute approximate surface area is 89.0 Å². The molecule has 0 radical (unpaired) electrons. The minimum Gasteiger partial charge on any atom is -0.495 e. The lowest BCUT2D eigenvalue weighted by Crippen LogP contribution is -2.24. The average Bonchev–Trinajstić information content (AvgIpc) is 2.19. The van der Waals surface area contributed by atoms with Crippen molar-refractivity contribution in [3.63, 3.8) is 0 Å². The van der Waals surface area contributed by atoms with E-state index in [1.165, 1.54) is 0 Å². The third-order valence-electron chi connectivity index (χ3n) is 1.85. The van der Waals surface area contributed by atoms with Crippen molar-refractivity contribution in [1.82, 2.24) is 4.98 Å². The molecule has 1 heterocycles. The van der Waals surface area contributed by atoms with Gasteiger partial charge in [-0.15, -0.1) is 0 Å². The van der Waals surface area contributed by atoms with Gasteiger partial charge in [0, 0.05) is 13.2 Å². The first kappa shape index (κ1) is 12.7. The number of ether oxygens (including phenoxy) is 2. The van der Waals surface area contributed by atoms with Gasteiger partial charge in [-0.3, -0.25) is 4.98 Å². The Morgan fingerprint density at radius 1 is 1.31 bits per heavy atom. The number of aromatic nitrogens is 1. The van der Waals surface area contributed by atoms with Gasteiger partial charge in [-0.05, 0) is 0 Å². The van der Waals surface area contributed by atoms with Gasteiger partial charge in [0.25, 0.3) is 0 Å². The molecule has 0 aliphatic rings. The van der Waals surface area contributed by atoms with Crippen LogP contribution in [0.4, 0.5) is 17.6 Å². The molecule has 0 spiro atoms. The summed E-state index contributed by atoms with van der Waals surface area (Å²) in [6, 6.07) is 0.820. The number of alkyl halides is 3. The summed E-state index contributed by atoms with van der Waals surface area (Å²) < 4.78 is 59.2. The molecule has 0 amide bonds. The van der Waals surface area contributed by atoms with E-state index in [4.69, 9.17) is 0 Å². The number of pyridine rings is 1. The van der Waals surface area contributed by atoms with Gasteiger partial charge >= 0.3 is 6.18 Å². The molecule has 1 aromatic heterocycles. The number of nitrogens with zero attached hydrogens (tertiary/aromatic N) is 1. The van der Waals surface area contributed by atoms with Gasteiger partial charge in [0.1, 0.15) is 17.3 Å². The van der Waals surface area contributed by atoms with Gasteiger partial charge < -0.3 is 9.47 Å². The lowest BCUT2D eigenvalue weighted by Gasteiger charge is -2.19. The molecule has 0 fully saturated rings. The van der Waals surface area contributed by atoms with Crippen LogP contribution in [-0.4, -0.2) is 25.4 Å². The Balaban J connectivity index is 3.20. The molecule has 0 saturated heterocycles. The highest BCUT2D eigenvalue weighted by atomic mass is 19.4. The first-order chi connectivity index (χ1) is 7.40. The molecule has 16 heavy (non-hydrogen) atoms. The van der Waals surface area contributed by atoms with E-state index in [9.17, 15) is 17.6 Å². The zero-order chi connectivity index (χ0) is 12.3. The predicted molar refractivity (Wildman–Crippen MR) is 46.6 cm³/mol. The zero-order valence-electron chi connectivity index (χ0n) is 8.51. The third-order valence-corrected chi connectivity index (χ3v) is 1.85. The Bertz CT molecular complexity index is 367. The molecule has 1 aromatic rings. The summed E-state index contributed by atoms with van der Waals surface area (Å²) in [7, 11) is 2.02. The maximum Gasteiger partial charge on any atom is 0.420 e. The Kier molecular flexibility index (Phi) is 3.69. The van der Waals surface area contributed by atoms with Crippen LogP contribution in [0.15, 0.2) is 12.3 Å². The Morgan fingerprint density at radius 2 is 1.94 bits per heavy atom. The van der Waals surface area contributed by atoms with Gasteiger partial charge in [-0.25, -0.2) is 4.39 Å². The van der Waals surface area contributed by atoms with Gasteiger partial charge in [0.15, 0.2) is 6.10 Å². The van der Waals surface area contributed by atoms with Crippen LogP contribution < -0.4 is 4.74 Å². The van der Waals surface area contributed by atoms with E-state index >= 15 is 0 Å². The van der Waals surface area contributed by atoms with Crippen molar-refractivity contribution >= 4 is 0 Å². The number of hydrogen-bond donors (Lipinski definition) is 0. The van der Waals surface area contributed by atoms with Crippen molar-refractivity contribution in [3.05, 3.63) is 23.8 Å². The summed E-state index contributed by atoms with van der Waals surface area (Å²) >= 11 is 0. The summed E-state index contributed by atoms with van der Waals surface area (Å²) in [5, 5.41) is 0. The molecule has 3 nitrogen and oxygen atoms in total. The predicted octanol–water partition coefficient (Wildman–Crippen LogP) is 2.48. The maximum atomic E-state index is 12.7. The van der Waals surface area contributed by atoms with Crippen molar-refractivity contribution in [2.75, 3.05) is 14.2 Å². The van der Waals surface area contributed by atoms with E-state index in [-0.39, 0.29) is 5.75 Å². The van der Waals surface area contributed by atoms with Crippen LogP contribution in [0.3, 0.4) is 0 Å². The fraction of sp³-hybridized carbons (Fsp3) is 0.444. The summed E-state index contributed by atoms with van der Waals surface area (Å²) in [5.74, 6) is -1.08. The topological polar surface area (TPSA) is 31.4 Å². The van der Waals surface area contributed by atoms with Crippen molar-refractivity contribution in [3.8, 4) is 5.75 Å². The lowest BCUT2D eigenvalue weighted by molar-refractivity contribution is -0.217. The molecule has 0 aliphatic heterocycles. The fourth-order valence-corrected chi connectivity index (χ4v) is 1.19. The third kappa shape index (κ3) is 2.60. The smallest absolute Gasteiger partial charge is 0.420 e. The molecule has 1 unspecified atom stereocenters. The standard InChI is InChI=1S/C9H9F4NO2/c1-15-6-3-5(10)4-14-7(6)8(16-2)9(11,12)13/h3-4,8H,1-2H3. The minimum atomic E-state index is -4.63. The van der Waals surface area contributed by atoms with Crippen molar-refractivity contribution < 1.29 is 27.0 Å². The van der Waals surface area contributed by atoms with E-state index in [1.54, 1.807) is 0 Å². The Hall–Kier alpha value is -1.37. The normalized spacial score (nSPS) is 13.6. The highest BCUT2D eigenvalue weighted by Gasteiger charge is 2.43. The van der Waals surface area contributed by atoms with Gasteiger partial charge in [0.2, 0.25) is 0 Å². The first-order valence-electron chi connectivity index (χ1n) is 4.19. The van der Waals surface area contributed by atoms with E-state index in [1.807, 2.05) is 0 Å². The van der Waals surface area contributed by atoms with E-state index < -0.39 is 23.8 Å². The van der Waals surface area contributed by atoms with Crippen LogP contribution in [0.2, 0.25) is 0 Å². The van der Waals surface area contributed by atoms with Crippen LogP contribution in [0.25, 0.3) is 0 Å². The molecular formula is C9H9F4NO2. The van der Waals surface area contributed by atoms with Crippen molar-refractivity contribution in [1.29, 1.82) is 0 Å². The van der Waals surface area contributed by atoms with Gasteiger partial charge in [-0.2, -0.15) is 13.2 Å². The molecule has 1 rings (SSSR count). The molecule has 0 bridgehead atoms. The van der Waals surface area contributed by atoms with Crippen LogP contribution in [0.1, 0.15) is 11.8 Å². The summed E-state index contributed by atoms with van der Waals surface area (Å²) in [6.07, 6.45) is -6.19. The van der Waals surface area contributed by atoms with Crippen LogP contribution in [0.5, 0.6) is 5.75 Å². The SMILES string of the molecule is COc1cc(F)cnc1C(OC)C(F)(F)F. The fourth-order valence-electron chi connectivity index (χ4n) is 1.19. The summed E-state index contributed by atoms with van der Waals surface area (Å²) in [4.78, 5) is 3.34. The van der Waals surface area contributed by atoms with E-state index in [0.717, 1.165) is 20.3 Å². The molecule has 0 aromatic carbocycles. The summed E-state index contributed by atoms with van der Waals surface area (Å²) in [5.41, 5.74) is -0.501. The van der Waals surface area contributed by atoms with Crippen LogP contribution in [-0.2, 0) is 4.74 Å². The number of hydrogen-bond acceptors (Lipinski definition) is 3. The molecule has 0 saturated carbocycles. The maximum absolute atomic E-state index is 12.7. The second-order valence-corrected chi connectivity index (χ2v) is 2.90. The molecule has 1 atom stereocenters. The second kappa shape index (κ2) is 4.65. The molecule has 7 heteroatoms. The molecule has 90 valence electrons. The van der Waals surface area contributed by atoms with Crippen molar-refractivity contribution in [2.24, 2.45) is 0 Å². The Morgan fingerprint density at radius 3 is 2.38 bits per heavy atom. The highest BCUT2D eigenvalue weighted by Crippen LogP contribution is 2.38. The lowest BCUT2D eigenvalue weighted by atomic mass is 10.2. The van der Waals surface area contributed by atoms with Gasteiger partial charge in [-0.1, -0.05) is 0 Å². The average molecular weight is 239 g/mol. The number of rotatable bonds is 3. The minimum absolute atomic E-state index is 0.302. The second-order valence-electron chi connectivity index (χ2n) is 2.90. The molecule has 0 aliphatic carbocycles. The molecule has 0 N–H and O–H groups in total. The zero-order valence-corrected chi connectivity index (χ0v) is 8.51. The summed E-state index contributed by atoms with van der Waals surface area (Å²) in [6.45, 7) is 0.